The number of para-hydroxylation sites is 1. The van der Waals surface area contributed by atoms with Crippen molar-refractivity contribution in [1.29, 1.82) is 0 Å². The molecule has 0 aliphatic rings. The van der Waals surface area contributed by atoms with E-state index in [1.54, 1.807) is 0 Å². The van der Waals surface area contributed by atoms with Gasteiger partial charge in [0.15, 0.2) is 0 Å². The Hall–Kier alpha value is -1.29. The molecule has 0 bridgehead atoms. The molecular formula is C16H13BrClNO. The van der Waals surface area contributed by atoms with Crippen LogP contribution in [0.5, 0.6) is 0 Å². The molecule has 0 saturated carbocycles. The lowest BCUT2D eigenvalue weighted by Crippen LogP contribution is -2.11. The quantitative estimate of drug-likeness (QED) is 0.689. The smallest absolute Gasteiger partial charge is 0.137 e. The van der Waals surface area contributed by atoms with Crippen LogP contribution in [0.15, 0.2) is 51.4 Å². The van der Waals surface area contributed by atoms with Gasteiger partial charge in [-0.05, 0) is 36.2 Å². The molecule has 0 amide bonds. The number of benzene rings is 2. The summed E-state index contributed by atoms with van der Waals surface area (Å²) in [5.41, 5.74) is 9.26. The first-order valence-electron chi connectivity index (χ1n) is 6.26. The fraction of sp³-hybridized carbons (Fsp3) is 0.125. The molecule has 2 aromatic carbocycles. The maximum atomic E-state index is 6.31. The van der Waals surface area contributed by atoms with Crippen LogP contribution in [0, 0.1) is 6.92 Å². The van der Waals surface area contributed by atoms with Gasteiger partial charge in [-0.3, -0.25) is 0 Å². The van der Waals surface area contributed by atoms with Gasteiger partial charge in [-0.2, -0.15) is 0 Å². The summed E-state index contributed by atoms with van der Waals surface area (Å²) in [5.74, 6) is 0.748. The molecule has 2 nitrogen and oxygen atoms in total. The van der Waals surface area contributed by atoms with E-state index in [4.69, 9.17) is 21.8 Å². The zero-order valence-corrected chi connectivity index (χ0v) is 13.2. The van der Waals surface area contributed by atoms with Crippen molar-refractivity contribution in [2.24, 2.45) is 5.73 Å². The monoisotopic (exact) mass is 349 g/mol. The van der Waals surface area contributed by atoms with E-state index in [-0.39, 0.29) is 6.04 Å². The predicted octanol–water partition coefficient (Wildman–Crippen LogP) is 5.21. The summed E-state index contributed by atoms with van der Waals surface area (Å²) in [4.78, 5) is 0. The molecule has 0 spiro atoms. The lowest BCUT2D eigenvalue weighted by Gasteiger charge is -2.11. The molecule has 4 heteroatoms. The van der Waals surface area contributed by atoms with Gasteiger partial charge in [0.1, 0.15) is 11.3 Å². The maximum Gasteiger partial charge on any atom is 0.137 e. The third-order valence-corrected chi connectivity index (χ3v) is 4.29. The molecule has 20 heavy (non-hydrogen) atoms. The normalized spacial score (nSPS) is 12.8. The SMILES string of the molecule is Cc1cccc2cc(C(N)c3ccc(Cl)cc3Br)oc12. The molecule has 1 unspecified atom stereocenters. The van der Waals surface area contributed by atoms with Gasteiger partial charge in [0, 0.05) is 14.9 Å². The topological polar surface area (TPSA) is 39.2 Å². The second-order valence-corrected chi connectivity index (χ2v) is 6.08. The van der Waals surface area contributed by atoms with Crippen molar-refractivity contribution in [3.8, 4) is 0 Å². The first kappa shape index (κ1) is 13.7. The van der Waals surface area contributed by atoms with Crippen LogP contribution in [0.3, 0.4) is 0 Å². The number of fused-ring (bicyclic) bond motifs is 1. The van der Waals surface area contributed by atoms with Gasteiger partial charge in [-0.15, -0.1) is 0 Å². The summed E-state index contributed by atoms with van der Waals surface area (Å²) in [7, 11) is 0. The molecule has 0 aliphatic carbocycles. The lowest BCUT2D eigenvalue weighted by molar-refractivity contribution is 0.523. The molecule has 0 aliphatic heterocycles. The van der Waals surface area contributed by atoms with Crippen LogP contribution in [0.25, 0.3) is 11.0 Å². The highest BCUT2D eigenvalue weighted by Crippen LogP contribution is 2.32. The van der Waals surface area contributed by atoms with Crippen molar-refractivity contribution in [3.05, 3.63) is 68.8 Å². The van der Waals surface area contributed by atoms with Gasteiger partial charge >= 0.3 is 0 Å². The number of hydrogen-bond acceptors (Lipinski definition) is 2. The average molecular weight is 351 g/mol. The zero-order chi connectivity index (χ0) is 14.3. The van der Waals surface area contributed by atoms with Crippen molar-refractivity contribution in [1.82, 2.24) is 0 Å². The molecule has 3 aromatic rings. The van der Waals surface area contributed by atoms with Crippen molar-refractivity contribution < 1.29 is 4.42 Å². The minimum Gasteiger partial charge on any atom is -0.459 e. The van der Waals surface area contributed by atoms with Gasteiger partial charge in [0.25, 0.3) is 0 Å². The highest BCUT2D eigenvalue weighted by molar-refractivity contribution is 9.10. The van der Waals surface area contributed by atoms with Crippen molar-refractivity contribution >= 4 is 38.5 Å². The molecule has 1 aromatic heterocycles. The number of furan rings is 1. The first-order chi connectivity index (χ1) is 9.56. The molecule has 1 atom stereocenters. The van der Waals surface area contributed by atoms with Crippen LogP contribution in [0.1, 0.15) is 22.9 Å². The van der Waals surface area contributed by atoms with Crippen molar-refractivity contribution in [2.75, 3.05) is 0 Å². The third-order valence-electron chi connectivity index (χ3n) is 3.36. The van der Waals surface area contributed by atoms with E-state index in [0.717, 1.165) is 32.3 Å². The lowest BCUT2D eigenvalue weighted by atomic mass is 10.1. The van der Waals surface area contributed by atoms with E-state index >= 15 is 0 Å². The fourth-order valence-electron chi connectivity index (χ4n) is 2.29. The molecule has 2 N–H and O–H groups in total. The van der Waals surface area contributed by atoms with Gasteiger partial charge in [-0.25, -0.2) is 0 Å². The summed E-state index contributed by atoms with van der Waals surface area (Å²) in [6, 6.07) is 13.3. The Morgan fingerprint density at radius 3 is 2.70 bits per heavy atom. The van der Waals surface area contributed by atoms with E-state index in [1.165, 1.54) is 0 Å². The Morgan fingerprint density at radius 2 is 2.00 bits per heavy atom. The molecule has 0 radical (unpaired) electrons. The Morgan fingerprint density at radius 1 is 1.20 bits per heavy atom. The summed E-state index contributed by atoms with van der Waals surface area (Å²) in [5, 5.41) is 1.74. The average Bonchev–Trinajstić information content (AvgIpc) is 2.83. The minimum absolute atomic E-state index is 0.326. The number of rotatable bonds is 2. The van der Waals surface area contributed by atoms with Gasteiger partial charge in [0.2, 0.25) is 0 Å². The molecule has 0 fully saturated rings. The Kier molecular flexibility index (Phi) is 3.59. The van der Waals surface area contributed by atoms with E-state index < -0.39 is 0 Å². The Labute approximate surface area is 130 Å². The number of halogens is 2. The molecular weight excluding hydrogens is 338 g/mol. The summed E-state index contributed by atoms with van der Waals surface area (Å²) >= 11 is 9.46. The zero-order valence-electron chi connectivity index (χ0n) is 10.9. The molecule has 102 valence electrons. The third kappa shape index (κ3) is 2.37. The van der Waals surface area contributed by atoms with Crippen molar-refractivity contribution in [3.63, 3.8) is 0 Å². The van der Waals surface area contributed by atoms with E-state index in [1.807, 2.05) is 49.4 Å². The largest absolute Gasteiger partial charge is 0.459 e. The highest BCUT2D eigenvalue weighted by atomic mass is 79.9. The van der Waals surface area contributed by atoms with Crippen molar-refractivity contribution in [2.45, 2.75) is 13.0 Å². The second-order valence-electron chi connectivity index (χ2n) is 4.79. The maximum absolute atomic E-state index is 6.31. The fourth-order valence-corrected chi connectivity index (χ4v) is 3.22. The van der Waals surface area contributed by atoms with Gasteiger partial charge in [0.05, 0.1) is 6.04 Å². The van der Waals surface area contributed by atoms with Crippen LogP contribution in [-0.2, 0) is 0 Å². The van der Waals surface area contributed by atoms with Gasteiger partial charge in [-0.1, -0.05) is 51.8 Å². The summed E-state index contributed by atoms with van der Waals surface area (Å²) in [6.45, 7) is 2.03. The number of hydrogen-bond donors (Lipinski definition) is 1. The van der Waals surface area contributed by atoms with Crippen LogP contribution < -0.4 is 5.73 Å². The number of aryl methyl sites for hydroxylation is 1. The molecule has 0 saturated heterocycles. The first-order valence-corrected chi connectivity index (χ1v) is 7.43. The van der Waals surface area contributed by atoms with Crippen LogP contribution >= 0.6 is 27.5 Å². The van der Waals surface area contributed by atoms with Crippen LogP contribution in [0.4, 0.5) is 0 Å². The Balaban J connectivity index is 2.08. The highest BCUT2D eigenvalue weighted by Gasteiger charge is 2.17. The van der Waals surface area contributed by atoms with Crippen LogP contribution in [-0.4, -0.2) is 0 Å². The standard InChI is InChI=1S/C16H13BrClNO/c1-9-3-2-4-10-7-14(20-16(9)10)15(19)12-6-5-11(18)8-13(12)17/h2-8,15H,19H2,1H3. The summed E-state index contributed by atoms with van der Waals surface area (Å²) in [6.07, 6.45) is 0. The molecule has 1 heterocycles. The molecule has 3 rings (SSSR count). The number of nitrogens with two attached hydrogens (primary N) is 1. The Bertz CT molecular complexity index is 781. The second kappa shape index (κ2) is 5.24. The van der Waals surface area contributed by atoms with E-state index in [2.05, 4.69) is 15.9 Å². The summed E-state index contributed by atoms with van der Waals surface area (Å²) < 4.78 is 6.81. The minimum atomic E-state index is -0.326. The van der Waals surface area contributed by atoms with Gasteiger partial charge < -0.3 is 10.2 Å². The predicted molar refractivity (Wildman–Crippen MR) is 86.1 cm³/mol. The van der Waals surface area contributed by atoms with E-state index in [9.17, 15) is 0 Å². The van der Waals surface area contributed by atoms with E-state index in [0.29, 0.717) is 5.02 Å². The van der Waals surface area contributed by atoms with Crippen LogP contribution in [0.2, 0.25) is 5.02 Å².